The topological polar surface area (TPSA) is 77.3 Å². The number of aromatic nitrogens is 1. The lowest BCUT2D eigenvalue weighted by Crippen LogP contribution is -2.22. The molecule has 1 atom stereocenters. The van der Waals surface area contributed by atoms with E-state index in [-0.39, 0.29) is 0 Å². The van der Waals surface area contributed by atoms with Gasteiger partial charge in [0, 0.05) is 11.1 Å². The molecular formula is C12H14N2O3. The maximum absolute atomic E-state index is 11.3. The Kier molecular flexibility index (Phi) is 3.01. The Morgan fingerprint density at radius 2 is 2.18 bits per heavy atom. The molecule has 5 heteroatoms. The highest BCUT2D eigenvalue weighted by molar-refractivity contribution is 5.88. The number of rotatable bonds is 3. The molecule has 2 rings (SSSR count). The molecule has 5 nitrogen and oxygen atoms in total. The zero-order valence-corrected chi connectivity index (χ0v) is 9.69. The molecule has 0 spiro atoms. The van der Waals surface area contributed by atoms with Crippen molar-refractivity contribution in [1.82, 2.24) is 4.98 Å². The van der Waals surface area contributed by atoms with Crippen LogP contribution in [-0.2, 0) is 9.53 Å². The molecule has 0 saturated heterocycles. The van der Waals surface area contributed by atoms with Crippen LogP contribution >= 0.6 is 0 Å². The molecule has 0 aliphatic carbocycles. The van der Waals surface area contributed by atoms with Crippen molar-refractivity contribution in [2.45, 2.75) is 6.04 Å². The number of methoxy groups -OCH3 is 2. The number of nitrogens with one attached hydrogen (secondary N) is 1. The molecule has 0 radical (unpaired) electrons. The zero-order valence-electron chi connectivity index (χ0n) is 9.69. The first-order valence-electron chi connectivity index (χ1n) is 5.16. The van der Waals surface area contributed by atoms with E-state index in [4.69, 9.17) is 10.5 Å². The van der Waals surface area contributed by atoms with Crippen molar-refractivity contribution in [3.8, 4) is 5.75 Å². The lowest BCUT2D eigenvalue weighted by atomic mass is 10.2. The minimum absolute atomic E-state index is 0.476. The van der Waals surface area contributed by atoms with Crippen LogP contribution in [0, 0.1) is 0 Å². The quantitative estimate of drug-likeness (QED) is 0.786. The third-order valence-corrected chi connectivity index (χ3v) is 2.65. The maximum atomic E-state index is 11.3. The van der Waals surface area contributed by atoms with E-state index in [2.05, 4.69) is 9.72 Å². The maximum Gasteiger partial charge on any atom is 0.328 e. The predicted molar refractivity (Wildman–Crippen MR) is 63.8 cm³/mol. The van der Waals surface area contributed by atoms with Crippen LogP contribution in [0.4, 0.5) is 0 Å². The third-order valence-electron chi connectivity index (χ3n) is 2.65. The van der Waals surface area contributed by atoms with Gasteiger partial charge in [-0.3, -0.25) is 0 Å². The fraction of sp³-hybridized carbons (Fsp3) is 0.250. The summed E-state index contributed by atoms with van der Waals surface area (Å²) in [7, 11) is 2.90. The lowest BCUT2D eigenvalue weighted by Gasteiger charge is -2.06. The smallest absolute Gasteiger partial charge is 0.328 e. The molecular weight excluding hydrogens is 220 g/mol. The van der Waals surface area contributed by atoms with Crippen LogP contribution < -0.4 is 10.5 Å². The highest BCUT2D eigenvalue weighted by Gasteiger charge is 2.19. The molecule has 0 aliphatic rings. The Morgan fingerprint density at radius 1 is 1.41 bits per heavy atom. The Bertz CT molecular complexity index is 548. The van der Waals surface area contributed by atoms with Crippen LogP contribution in [0.15, 0.2) is 24.3 Å². The van der Waals surface area contributed by atoms with Gasteiger partial charge < -0.3 is 20.2 Å². The molecule has 0 saturated carbocycles. The number of benzene rings is 1. The SMILES string of the molecule is COC(=O)C(N)c1cc2cccc(OC)c2[nH]1. The Balaban J connectivity index is 2.47. The number of esters is 1. The Morgan fingerprint density at radius 3 is 2.82 bits per heavy atom. The van der Waals surface area contributed by atoms with Crippen LogP contribution in [0.5, 0.6) is 5.75 Å². The summed E-state index contributed by atoms with van der Waals surface area (Å²) in [6, 6.07) is 6.65. The van der Waals surface area contributed by atoms with Gasteiger partial charge in [-0.25, -0.2) is 4.79 Å². The number of fused-ring (bicyclic) bond motifs is 1. The summed E-state index contributed by atoms with van der Waals surface area (Å²) in [6.45, 7) is 0. The number of H-pyrrole nitrogens is 1. The van der Waals surface area contributed by atoms with Crippen molar-refractivity contribution in [1.29, 1.82) is 0 Å². The van der Waals surface area contributed by atoms with Gasteiger partial charge in [0.05, 0.1) is 19.7 Å². The standard InChI is InChI=1S/C12H14N2O3/c1-16-9-5-3-4-7-6-8(14-11(7)9)10(13)12(15)17-2/h3-6,10,14H,13H2,1-2H3. The van der Waals surface area contributed by atoms with Crippen molar-refractivity contribution in [2.24, 2.45) is 5.73 Å². The van der Waals surface area contributed by atoms with Gasteiger partial charge in [-0.2, -0.15) is 0 Å². The summed E-state index contributed by atoms with van der Waals surface area (Å²) >= 11 is 0. The van der Waals surface area contributed by atoms with E-state index in [0.717, 1.165) is 10.9 Å². The average molecular weight is 234 g/mol. The average Bonchev–Trinajstić information content (AvgIpc) is 2.80. The predicted octanol–water partition coefficient (Wildman–Crippen LogP) is 1.35. The molecule has 2 aromatic rings. The van der Waals surface area contributed by atoms with Crippen LogP contribution in [-0.4, -0.2) is 25.2 Å². The number of carbonyl (C=O) groups is 1. The molecule has 1 aromatic carbocycles. The minimum Gasteiger partial charge on any atom is -0.495 e. The summed E-state index contributed by atoms with van der Waals surface area (Å²) in [5.74, 6) is 0.237. The molecule has 3 N–H and O–H groups in total. The van der Waals surface area contributed by atoms with Crippen molar-refractivity contribution in [3.05, 3.63) is 30.0 Å². The minimum atomic E-state index is -0.808. The second kappa shape index (κ2) is 4.47. The molecule has 1 unspecified atom stereocenters. The normalized spacial score (nSPS) is 12.4. The van der Waals surface area contributed by atoms with Gasteiger partial charge in [-0.05, 0) is 12.1 Å². The Labute approximate surface area is 98.5 Å². The van der Waals surface area contributed by atoms with Gasteiger partial charge in [0.2, 0.25) is 0 Å². The lowest BCUT2D eigenvalue weighted by molar-refractivity contribution is -0.142. The van der Waals surface area contributed by atoms with Gasteiger partial charge >= 0.3 is 5.97 Å². The molecule has 1 aromatic heterocycles. The molecule has 17 heavy (non-hydrogen) atoms. The van der Waals surface area contributed by atoms with Crippen molar-refractivity contribution >= 4 is 16.9 Å². The molecule has 0 amide bonds. The molecule has 1 heterocycles. The highest BCUT2D eigenvalue weighted by atomic mass is 16.5. The molecule has 0 bridgehead atoms. The van der Waals surface area contributed by atoms with Gasteiger partial charge in [-0.1, -0.05) is 12.1 Å². The van der Waals surface area contributed by atoms with E-state index in [0.29, 0.717) is 11.4 Å². The van der Waals surface area contributed by atoms with Crippen LogP contribution in [0.1, 0.15) is 11.7 Å². The number of para-hydroxylation sites is 1. The van der Waals surface area contributed by atoms with Crippen LogP contribution in [0.2, 0.25) is 0 Å². The summed E-state index contributed by atoms with van der Waals surface area (Å²) in [6.07, 6.45) is 0. The molecule has 90 valence electrons. The third kappa shape index (κ3) is 1.97. The van der Waals surface area contributed by atoms with E-state index in [1.54, 1.807) is 7.11 Å². The first-order chi connectivity index (χ1) is 8.17. The van der Waals surface area contributed by atoms with Gasteiger partial charge in [-0.15, -0.1) is 0 Å². The van der Waals surface area contributed by atoms with E-state index >= 15 is 0 Å². The highest BCUT2D eigenvalue weighted by Crippen LogP contribution is 2.27. The molecule has 0 aliphatic heterocycles. The second-order valence-electron chi connectivity index (χ2n) is 3.65. The summed E-state index contributed by atoms with van der Waals surface area (Å²) < 4.78 is 9.82. The summed E-state index contributed by atoms with van der Waals surface area (Å²) in [4.78, 5) is 14.4. The first kappa shape index (κ1) is 11.5. The van der Waals surface area contributed by atoms with Crippen LogP contribution in [0.3, 0.4) is 0 Å². The van der Waals surface area contributed by atoms with Crippen molar-refractivity contribution in [2.75, 3.05) is 14.2 Å². The number of ether oxygens (including phenoxy) is 2. The first-order valence-corrected chi connectivity index (χ1v) is 5.16. The Hall–Kier alpha value is -2.01. The largest absolute Gasteiger partial charge is 0.495 e. The van der Waals surface area contributed by atoms with Crippen molar-refractivity contribution < 1.29 is 14.3 Å². The van der Waals surface area contributed by atoms with E-state index in [1.165, 1.54) is 7.11 Å². The van der Waals surface area contributed by atoms with Gasteiger partial charge in [0.15, 0.2) is 0 Å². The second-order valence-corrected chi connectivity index (χ2v) is 3.65. The number of hydrogen-bond acceptors (Lipinski definition) is 4. The number of aromatic amines is 1. The fourth-order valence-corrected chi connectivity index (χ4v) is 1.74. The van der Waals surface area contributed by atoms with E-state index < -0.39 is 12.0 Å². The molecule has 0 fully saturated rings. The van der Waals surface area contributed by atoms with E-state index in [9.17, 15) is 4.79 Å². The number of nitrogens with two attached hydrogens (primary N) is 1. The van der Waals surface area contributed by atoms with Gasteiger partial charge in [0.25, 0.3) is 0 Å². The fourth-order valence-electron chi connectivity index (χ4n) is 1.74. The van der Waals surface area contributed by atoms with Gasteiger partial charge in [0.1, 0.15) is 11.8 Å². The van der Waals surface area contributed by atoms with Crippen LogP contribution in [0.25, 0.3) is 10.9 Å². The number of carbonyl (C=O) groups excluding carboxylic acids is 1. The van der Waals surface area contributed by atoms with Crippen molar-refractivity contribution in [3.63, 3.8) is 0 Å². The zero-order chi connectivity index (χ0) is 12.4. The van der Waals surface area contributed by atoms with E-state index in [1.807, 2.05) is 24.3 Å². The monoisotopic (exact) mass is 234 g/mol. The summed E-state index contributed by atoms with van der Waals surface area (Å²) in [5.41, 5.74) is 7.19. The summed E-state index contributed by atoms with van der Waals surface area (Å²) in [5, 5.41) is 0.943. The number of hydrogen-bond donors (Lipinski definition) is 2.